The molecule has 0 radical (unpaired) electrons. The van der Waals surface area contributed by atoms with Crippen LogP contribution in [0.1, 0.15) is 19.8 Å². The summed E-state index contributed by atoms with van der Waals surface area (Å²) in [6, 6.07) is 0.555. The van der Waals surface area contributed by atoms with E-state index in [2.05, 4.69) is 10.6 Å². The Labute approximate surface area is 85.0 Å². The zero-order chi connectivity index (χ0) is 9.97. The van der Waals surface area contributed by atoms with E-state index in [-0.39, 0.29) is 6.03 Å². The molecule has 0 aromatic rings. The van der Waals surface area contributed by atoms with Gasteiger partial charge in [0.15, 0.2) is 0 Å². The molecule has 2 saturated heterocycles. The summed E-state index contributed by atoms with van der Waals surface area (Å²) in [6.07, 6.45) is 2.41. The number of urea groups is 1. The highest BCUT2D eigenvalue weighted by molar-refractivity contribution is 5.74. The van der Waals surface area contributed by atoms with Gasteiger partial charge in [0.25, 0.3) is 0 Å². The van der Waals surface area contributed by atoms with E-state index < -0.39 is 0 Å². The number of hydrogen-bond acceptors (Lipinski definition) is 2. The van der Waals surface area contributed by atoms with Gasteiger partial charge >= 0.3 is 6.03 Å². The SMILES string of the molecule is CCNC(=O)N1CC[C@@H]2CCNC[C@@H]21. The predicted molar refractivity (Wildman–Crippen MR) is 55.2 cm³/mol. The lowest BCUT2D eigenvalue weighted by molar-refractivity contribution is 0.176. The fourth-order valence-corrected chi connectivity index (χ4v) is 2.57. The monoisotopic (exact) mass is 197 g/mol. The summed E-state index contributed by atoms with van der Waals surface area (Å²) in [7, 11) is 0. The van der Waals surface area contributed by atoms with Crippen LogP contribution in [-0.4, -0.2) is 43.2 Å². The number of rotatable bonds is 1. The van der Waals surface area contributed by atoms with Crippen molar-refractivity contribution in [3.05, 3.63) is 0 Å². The number of likely N-dealkylation sites (tertiary alicyclic amines) is 1. The average Bonchev–Trinajstić information content (AvgIpc) is 2.61. The van der Waals surface area contributed by atoms with E-state index >= 15 is 0 Å². The van der Waals surface area contributed by atoms with Gasteiger partial charge in [-0.05, 0) is 32.2 Å². The van der Waals surface area contributed by atoms with Crippen molar-refractivity contribution < 1.29 is 4.79 Å². The van der Waals surface area contributed by atoms with Crippen LogP contribution >= 0.6 is 0 Å². The molecule has 2 aliphatic rings. The van der Waals surface area contributed by atoms with Crippen LogP contribution in [-0.2, 0) is 0 Å². The van der Waals surface area contributed by atoms with Gasteiger partial charge in [-0.15, -0.1) is 0 Å². The van der Waals surface area contributed by atoms with Gasteiger partial charge in [-0.3, -0.25) is 0 Å². The van der Waals surface area contributed by atoms with Crippen molar-refractivity contribution in [3.63, 3.8) is 0 Å². The Balaban J connectivity index is 1.96. The van der Waals surface area contributed by atoms with Gasteiger partial charge in [0.2, 0.25) is 0 Å². The van der Waals surface area contributed by atoms with Crippen LogP contribution in [0.3, 0.4) is 0 Å². The zero-order valence-electron chi connectivity index (χ0n) is 8.75. The van der Waals surface area contributed by atoms with Crippen molar-refractivity contribution in [2.75, 3.05) is 26.2 Å². The first-order valence-electron chi connectivity index (χ1n) is 5.58. The molecule has 2 fully saturated rings. The number of carbonyl (C=O) groups excluding carboxylic acids is 1. The van der Waals surface area contributed by atoms with Gasteiger partial charge in [0, 0.05) is 25.7 Å². The normalized spacial score (nSPS) is 31.4. The molecular weight excluding hydrogens is 178 g/mol. The van der Waals surface area contributed by atoms with Crippen molar-refractivity contribution in [3.8, 4) is 0 Å². The summed E-state index contributed by atoms with van der Waals surface area (Å²) in [4.78, 5) is 13.7. The van der Waals surface area contributed by atoms with E-state index in [1.54, 1.807) is 0 Å². The molecule has 0 bridgehead atoms. The molecular formula is C10H19N3O. The molecule has 0 aromatic heterocycles. The molecule has 0 aliphatic carbocycles. The lowest BCUT2D eigenvalue weighted by atomic mass is 9.93. The van der Waals surface area contributed by atoms with Crippen LogP contribution < -0.4 is 10.6 Å². The third-order valence-electron chi connectivity index (χ3n) is 3.32. The second-order valence-corrected chi connectivity index (χ2v) is 4.14. The van der Waals surface area contributed by atoms with Crippen LogP contribution in [0.5, 0.6) is 0 Å². The summed E-state index contributed by atoms with van der Waals surface area (Å²) in [5, 5.41) is 6.24. The number of fused-ring (bicyclic) bond motifs is 1. The Morgan fingerprint density at radius 3 is 3.21 bits per heavy atom. The Morgan fingerprint density at radius 1 is 1.57 bits per heavy atom. The minimum Gasteiger partial charge on any atom is -0.338 e. The summed E-state index contributed by atoms with van der Waals surface area (Å²) in [6.45, 7) is 5.71. The smallest absolute Gasteiger partial charge is 0.317 e. The van der Waals surface area contributed by atoms with Gasteiger partial charge in [-0.1, -0.05) is 0 Å². The molecule has 0 aromatic carbocycles. The minimum absolute atomic E-state index is 0.115. The maximum Gasteiger partial charge on any atom is 0.317 e. The standard InChI is InChI=1S/C10H19N3O/c1-2-12-10(14)13-6-4-8-3-5-11-7-9(8)13/h8-9,11H,2-7H2,1H3,(H,12,14)/t8-,9-/m0/s1. The van der Waals surface area contributed by atoms with Crippen LogP contribution in [0, 0.1) is 5.92 Å². The maximum atomic E-state index is 11.7. The van der Waals surface area contributed by atoms with Crippen molar-refractivity contribution >= 4 is 6.03 Å². The van der Waals surface area contributed by atoms with Crippen LogP contribution in [0.4, 0.5) is 4.79 Å². The largest absolute Gasteiger partial charge is 0.338 e. The third kappa shape index (κ3) is 1.71. The van der Waals surface area contributed by atoms with Crippen molar-refractivity contribution in [1.29, 1.82) is 0 Å². The molecule has 14 heavy (non-hydrogen) atoms. The lowest BCUT2D eigenvalue weighted by Crippen LogP contribution is -2.50. The van der Waals surface area contributed by atoms with E-state index in [0.717, 1.165) is 32.1 Å². The third-order valence-corrected chi connectivity index (χ3v) is 3.32. The molecule has 2 atom stereocenters. The number of hydrogen-bond donors (Lipinski definition) is 2. The fraction of sp³-hybridized carbons (Fsp3) is 0.900. The van der Waals surface area contributed by atoms with Crippen LogP contribution in [0.2, 0.25) is 0 Å². The van der Waals surface area contributed by atoms with E-state index in [0.29, 0.717) is 6.04 Å². The van der Waals surface area contributed by atoms with Crippen LogP contribution in [0.15, 0.2) is 0 Å². The second-order valence-electron chi connectivity index (χ2n) is 4.14. The van der Waals surface area contributed by atoms with Gasteiger partial charge in [-0.2, -0.15) is 0 Å². The lowest BCUT2D eigenvalue weighted by Gasteiger charge is -2.32. The first-order chi connectivity index (χ1) is 6.83. The first kappa shape index (κ1) is 9.77. The molecule has 80 valence electrons. The highest BCUT2D eigenvalue weighted by Crippen LogP contribution is 2.28. The van der Waals surface area contributed by atoms with E-state index in [1.807, 2.05) is 11.8 Å². The number of nitrogens with zero attached hydrogens (tertiary/aromatic N) is 1. The van der Waals surface area contributed by atoms with Gasteiger partial charge in [-0.25, -0.2) is 4.79 Å². The zero-order valence-corrected chi connectivity index (χ0v) is 8.75. The number of piperidine rings is 1. The molecule has 2 heterocycles. The molecule has 4 heteroatoms. The van der Waals surface area contributed by atoms with Crippen molar-refractivity contribution in [2.24, 2.45) is 5.92 Å². The highest BCUT2D eigenvalue weighted by Gasteiger charge is 2.37. The minimum atomic E-state index is 0.115. The number of carbonyl (C=O) groups is 1. The first-order valence-corrected chi connectivity index (χ1v) is 5.58. The topological polar surface area (TPSA) is 44.4 Å². The van der Waals surface area contributed by atoms with Crippen molar-refractivity contribution in [1.82, 2.24) is 15.5 Å². The molecule has 2 rings (SSSR count). The molecule has 2 aliphatic heterocycles. The second kappa shape index (κ2) is 4.17. The quantitative estimate of drug-likeness (QED) is 0.639. The summed E-state index contributed by atoms with van der Waals surface area (Å²) < 4.78 is 0. The van der Waals surface area contributed by atoms with Crippen LogP contribution in [0.25, 0.3) is 0 Å². The predicted octanol–water partition coefficient (Wildman–Crippen LogP) is 0.400. The molecule has 0 unspecified atom stereocenters. The molecule has 0 spiro atoms. The van der Waals surface area contributed by atoms with Crippen molar-refractivity contribution in [2.45, 2.75) is 25.8 Å². The Hall–Kier alpha value is -0.770. The van der Waals surface area contributed by atoms with E-state index in [9.17, 15) is 4.79 Å². The van der Waals surface area contributed by atoms with Gasteiger partial charge in [0.1, 0.15) is 0 Å². The van der Waals surface area contributed by atoms with E-state index in [1.165, 1.54) is 12.8 Å². The molecule has 2 amide bonds. The Kier molecular flexibility index (Phi) is 2.91. The number of amides is 2. The van der Waals surface area contributed by atoms with Gasteiger partial charge in [0.05, 0.1) is 0 Å². The maximum absolute atomic E-state index is 11.7. The molecule has 4 nitrogen and oxygen atoms in total. The van der Waals surface area contributed by atoms with Gasteiger partial charge < -0.3 is 15.5 Å². The molecule has 2 N–H and O–H groups in total. The average molecular weight is 197 g/mol. The fourth-order valence-electron chi connectivity index (χ4n) is 2.57. The summed E-state index contributed by atoms with van der Waals surface area (Å²) in [5.41, 5.74) is 0. The Bertz CT molecular complexity index is 219. The summed E-state index contributed by atoms with van der Waals surface area (Å²) in [5.74, 6) is 0.735. The summed E-state index contributed by atoms with van der Waals surface area (Å²) >= 11 is 0. The Morgan fingerprint density at radius 2 is 2.43 bits per heavy atom. The number of nitrogens with one attached hydrogen (secondary N) is 2. The van der Waals surface area contributed by atoms with E-state index in [4.69, 9.17) is 0 Å². The highest BCUT2D eigenvalue weighted by atomic mass is 16.2. The molecule has 0 saturated carbocycles.